The van der Waals surface area contributed by atoms with Gasteiger partial charge in [0.2, 0.25) is 10.0 Å². The molecule has 29 heavy (non-hydrogen) atoms. The molecule has 0 unspecified atom stereocenters. The van der Waals surface area contributed by atoms with Crippen molar-refractivity contribution in [1.82, 2.24) is 18.8 Å². The number of rotatable bonds is 4. The van der Waals surface area contributed by atoms with Crippen LogP contribution in [0.1, 0.15) is 35.9 Å². The Morgan fingerprint density at radius 3 is 2.86 bits per heavy atom. The second kappa shape index (κ2) is 7.89. The number of sulfonamides is 1. The molecule has 1 atom stereocenters. The average Bonchev–Trinajstić information content (AvgIpc) is 3.10. The standard InChI is InChI=1S/C20H26N4O4S/c1-15-6-5-9-22(12-15)20(25)19-17-13-23(10-11-28-2)29(26,27)18-8-4-3-7-16(18)24(17)14-21-19/h3-4,7-8,14-15H,5-6,9-13H2,1-2H3/t15-/m1/s1. The van der Waals surface area contributed by atoms with E-state index in [4.69, 9.17) is 4.74 Å². The van der Waals surface area contributed by atoms with Crippen LogP contribution in [0.15, 0.2) is 35.5 Å². The third kappa shape index (κ3) is 3.58. The van der Waals surface area contributed by atoms with E-state index in [9.17, 15) is 13.2 Å². The Hall–Kier alpha value is -2.23. The van der Waals surface area contributed by atoms with Gasteiger partial charge in [0.05, 0.1) is 24.5 Å². The second-order valence-electron chi connectivity index (χ2n) is 7.71. The third-order valence-corrected chi connectivity index (χ3v) is 7.52. The van der Waals surface area contributed by atoms with Gasteiger partial charge in [-0.05, 0) is 30.9 Å². The fraction of sp³-hybridized carbons (Fsp3) is 0.500. The molecule has 1 aromatic heterocycles. The van der Waals surface area contributed by atoms with E-state index in [1.54, 1.807) is 35.2 Å². The fourth-order valence-electron chi connectivity index (χ4n) is 4.09. The molecular weight excluding hydrogens is 392 g/mol. The van der Waals surface area contributed by atoms with Gasteiger partial charge in [-0.2, -0.15) is 4.31 Å². The van der Waals surface area contributed by atoms with Crippen molar-refractivity contribution in [2.75, 3.05) is 33.4 Å². The van der Waals surface area contributed by atoms with E-state index in [2.05, 4.69) is 11.9 Å². The smallest absolute Gasteiger partial charge is 0.274 e. The Balaban J connectivity index is 1.80. The average molecular weight is 419 g/mol. The van der Waals surface area contributed by atoms with Gasteiger partial charge in [0, 0.05) is 26.7 Å². The fourth-order valence-corrected chi connectivity index (χ4v) is 5.66. The number of methoxy groups -OCH3 is 1. The van der Waals surface area contributed by atoms with Crippen LogP contribution in [0.4, 0.5) is 0 Å². The summed E-state index contributed by atoms with van der Waals surface area (Å²) in [6.07, 6.45) is 3.64. The van der Waals surface area contributed by atoms with Crippen molar-refractivity contribution in [1.29, 1.82) is 0 Å². The van der Waals surface area contributed by atoms with Gasteiger partial charge in [-0.25, -0.2) is 13.4 Å². The summed E-state index contributed by atoms with van der Waals surface area (Å²) in [4.78, 5) is 19.7. The first-order valence-electron chi connectivity index (χ1n) is 9.87. The number of piperidine rings is 1. The summed E-state index contributed by atoms with van der Waals surface area (Å²) >= 11 is 0. The maximum absolute atomic E-state index is 13.3. The van der Waals surface area contributed by atoms with Crippen molar-refractivity contribution in [3.63, 3.8) is 0 Å². The number of hydrogen-bond donors (Lipinski definition) is 0. The molecule has 1 aromatic carbocycles. The monoisotopic (exact) mass is 418 g/mol. The molecular formula is C20H26N4O4S. The number of carbonyl (C=O) groups is 1. The second-order valence-corrected chi connectivity index (χ2v) is 9.61. The first-order chi connectivity index (χ1) is 13.9. The summed E-state index contributed by atoms with van der Waals surface area (Å²) in [5, 5.41) is 0. The zero-order valence-electron chi connectivity index (χ0n) is 16.7. The van der Waals surface area contributed by atoms with Crippen LogP contribution in [0.3, 0.4) is 0 Å². The Morgan fingerprint density at radius 1 is 1.31 bits per heavy atom. The summed E-state index contributed by atoms with van der Waals surface area (Å²) in [6, 6.07) is 6.83. The lowest BCUT2D eigenvalue weighted by Crippen LogP contribution is -2.40. The van der Waals surface area contributed by atoms with Gasteiger partial charge >= 0.3 is 0 Å². The van der Waals surface area contributed by atoms with E-state index in [0.29, 0.717) is 36.1 Å². The molecule has 0 radical (unpaired) electrons. The number of imidazole rings is 1. The summed E-state index contributed by atoms with van der Waals surface area (Å²) in [5.41, 5.74) is 1.44. The van der Waals surface area contributed by atoms with Crippen molar-refractivity contribution in [3.05, 3.63) is 42.0 Å². The summed E-state index contributed by atoms with van der Waals surface area (Å²) in [5.74, 6) is 0.321. The first-order valence-corrected chi connectivity index (χ1v) is 11.3. The maximum atomic E-state index is 13.3. The predicted octanol–water partition coefficient (Wildman–Crippen LogP) is 1.90. The molecule has 0 aliphatic carbocycles. The van der Waals surface area contributed by atoms with E-state index in [0.717, 1.165) is 12.8 Å². The highest BCUT2D eigenvalue weighted by Gasteiger charge is 2.35. The molecule has 9 heteroatoms. The third-order valence-electron chi connectivity index (χ3n) is 5.63. The van der Waals surface area contributed by atoms with Crippen LogP contribution in [0.5, 0.6) is 0 Å². The largest absolute Gasteiger partial charge is 0.383 e. The number of fused-ring (bicyclic) bond motifs is 3. The molecule has 0 spiro atoms. The minimum absolute atomic E-state index is 0.0742. The molecule has 2 aliphatic rings. The van der Waals surface area contributed by atoms with Crippen molar-refractivity contribution >= 4 is 15.9 Å². The number of para-hydroxylation sites is 1. The number of benzene rings is 1. The minimum atomic E-state index is -3.73. The van der Waals surface area contributed by atoms with Gasteiger partial charge in [-0.1, -0.05) is 19.1 Å². The lowest BCUT2D eigenvalue weighted by Gasteiger charge is -2.30. The van der Waals surface area contributed by atoms with Gasteiger partial charge < -0.3 is 9.64 Å². The highest BCUT2D eigenvalue weighted by molar-refractivity contribution is 7.89. The first kappa shape index (κ1) is 20.1. The molecule has 1 fully saturated rings. The minimum Gasteiger partial charge on any atom is -0.383 e. The molecule has 2 aliphatic heterocycles. The summed E-state index contributed by atoms with van der Waals surface area (Å²) in [6.45, 7) is 4.09. The number of likely N-dealkylation sites (tertiary alicyclic amines) is 1. The Bertz CT molecular complexity index is 1020. The summed E-state index contributed by atoms with van der Waals surface area (Å²) in [7, 11) is -2.19. The molecule has 1 saturated heterocycles. The molecule has 0 saturated carbocycles. The number of carbonyl (C=O) groups excluding carboxylic acids is 1. The van der Waals surface area contributed by atoms with E-state index < -0.39 is 10.0 Å². The zero-order chi connectivity index (χ0) is 20.6. The molecule has 0 bridgehead atoms. The van der Waals surface area contributed by atoms with Gasteiger partial charge in [0.25, 0.3) is 5.91 Å². The Kier molecular flexibility index (Phi) is 5.46. The van der Waals surface area contributed by atoms with Crippen LogP contribution in [0, 0.1) is 5.92 Å². The number of hydrogen-bond acceptors (Lipinski definition) is 5. The Labute approximate surface area is 171 Å². The number of aromatic nitrogens is 2. The van der Waals surface area contributed by atoms with Crippen molar-refractivity contribution in [2.45, 2.75) is 31.2 Å². The quantitative estimate of drug-likeness (QED) is 0.757. The van der Waals surface area contributed by atoms with Crippen LogP contribution < -0.4 is 0 Å². The highest BCUT2D eigenvalue weighted by Crippen LogP contribution is 2.31. The van der Waals surface area contributed by atoms with Crippen LogP contribution in [0.25, 0.3) is 5.69 Å². The van der Waals surface area contributed by atoms with E-state index >= 15 is 0 Å². The van der Waals surface area contributed by atoms with Crippen molar-refractivity contribution < 1.29 is 17.9 Å². The van der Waals surface area contributed by atoms with Crippen molar-refractivity contribution in [2.24, 2.45) is 5.92 Å². The van der Waals surface area contributed by atoms with Gasteiger partial charge in [0.1, 0.15) is 11.2 Å². The van der Waals surface area contributed by atoms with Crippen LogP contribution >= 0.6 is 0 Å². The van der Waals surface area contributed by atoms with Crippen LogP contribution in [-0.4, -0.2) is 66.4 Å². The Morgan fingerprint density at radius 2 is 2.10 bits per heavy atom. The summed E-state index contributed by atoms with van der Waals surface area (Å²) < 4.78 is 34.7. The number of ether oxygens (including phenoxy) is 1. The van der Waals surface area contributed by atoms with Crippen molar-refractivity contribution in [3.8, 4) is 5.69 Å². The lowest BCUT2D eigenvalue weighted by molar-refractivity contribution is 0.0675. The molecule has 1 amide bonds. The molecule has 3 heterocycles. The van der Waals surface area contributed by atoms with E-state index in [-0.39, 0.29) is 30.5 Å². The number of nitrogens with zero attached hydrogens (tertiary/aromatic N) is 4. The molecule has 4 rings (SSSR count). The number of amides is 1. The molecule has 156 valence electrons. The SMILES string of the molecule is COCCN1Cc2c(C(=O)N3CCC[C@@H](C)C3)ncn2-c2ccccc2S1(=O)=O. The lowest BCUT2D eigenvalue weighted by atomic mass is 10.00. The molecule has 8 nitrogen and oxygen atoms in total. The normalized spacial score (nSPS) is 21.3. The van der Waals surface area contributed by atoms with Gasteiger partial charge in [-0.15, -0.1) is 0 Å². The van der Waals surface area contributed by atoms with Crippen LogP contribution in [0.2, 0.25) is 0 Å². The van der Waals surface area contributed by atoms with E-state index in [1.165, 1.54) is 11.4 Å². The highest BCUT2D eigenvalue weighted by atomic mass is 32.2. The maximum Gasteiger partial charge on any atom is 0.274 e. The molecule has 2 aromatic rings. The predicted molar refractivity (Wildman–Crippen MR) is 107 cm³/mol. The van der Waals surface area contributed by atoms with E-state index in [1.807, 2.05) is 4.90 Å². The zero-order valence-corrected chi connectivity index (χ0v) is 17.6. The van der Waals surface area contributed by atoms with Crippen LogP contribution in [-0.2, 0) is 21.3 Å². The topological polar surface area (TPSA) is 84.7 Å². The molecule has 0 N–H and O–H groups in total. The van der Waals surface area contributed by atoms with Gasteiger partial charge in [-0.3, -0.25) is 9.36 Å². The van der Waals surface area contributed by atoms with Gasteiger partial charge in [0.15, 0.2) is 5.69 Å².